The van der Waals surface area contributed by atoms with Gasteiger partial charge in [0.2, 0.25) is 0 Å². The molecule has 0 aromatic heterocycles. The summed E-state index contributed by atoms with van der Waals surface area (Å²) >= 11 is 17.5. The molecule has 1 N–H and O–H groups in total. The third kappa shape index (κ3) is 6.18. The van der Waals surface area contributed by atoms with Crippen molar-refractivity contribution in [3.8, 4) is 11.5 Å². The van der Waals surface area contributed by atoms with E-state index in [0.29, 0.717) is 34.4 Å². The van der Waals surface area contributed by atoms with Crippen molar-refractivity contribution in [2.24, 2.45) is 0 Å². The molecule has 1 saturated carbocycles. The van der Waals surface area contributed by atoms with E-state index in [1.54, 1.807) is 30.1 Å². The third-order valence-electron chi connectivity index (χ3n) is 5.27. The molecular formula is C22H22Cl3FN2O4. The van der Waals surface area contributed by atoms with Crippen LogP contribution in [0.25, 0.3) is 0 Å². The van der Waals surface area contributed by atoms with Gasteiger partial charge in [0.15, 0.2) is 13.2 Å². The van der Waals surface area contributed by atoms with Crippen LogP contribution in [0.5, 0.6) is 11.5 Å². The van der Waals surface area contributed by atoms with Crippen molar-refractivity contribution < 1.29 is 23.5 Å². The van der Waals surface area contributed by atoms with Gasteiger partial charge in [0.25, 0.3) is 11.8 Å². The van der Waals surface area contributed by atoms with Gasteiger partial charge in [-0.1, -0.05) is 34.8 Å². The van der Waals surface area contributed by atoms with Gasteiger partial charge in [0.05, 0.1) is 15.1 Å². The van der Waals surface area contributed by atoms with Crippen LogP contribution in [0.4, 0.5) is 4.39 Å². The third-order valence-corrected chi connectivity index (χ3v) is 6.30. The SMILES string of the molecule is CN(C(=O)COc1ccc(Cl)c(Cl)c1)C1CC(C)(NC(=O)COc2ccc(F)c(Cl)c2)C1. The number of ether oxygens (including phenoxy) is 2. The van der Waals surface area contributed by atoms with Gasteiger partial charge in [0.1, 0.15) is 17.3 Å². The Hall–Kier alpha value is -2.22. The van der Waals surface area contributed by atoms with E-state index in [9.17, 15) is 14.0 Å². The van der Waals surface area contributed by atoms with Gasteiger partial charge < -0.3 is 19.7 Å². The number of hydrogen-bond donors (Lipinski definition) is 1. The maximum atomic E-state index is 13.2. The summed E-state index contributed by atoms with van der Waals surface area (Å²) in [5.74, 6) is -0.309. The number of nitrogens with zero attached hydrogens (tertiary/aromatic N) is 1. The summed E-state index contributed by atoms with van der Waals surface area (Å²) in [5, 5.41) is 3.59. The van der Waals surface area contributed by atoms with E-state index in [1.165, 1.54) is 18.2 Å². The van der Waals surface area contributed by atoms with Crippen molar-refractivity contribution in [3.63, 3.8) is 0 Å². The first kappa shape index (κ1) is 24.4. The molecule has 2 amide bonds. The smallest absolute Gasteiger partial charge is 0.260 e. The highest BCUT2D eigenvalue weighted by Crippen LogP contribution is 2.35. The van der Waals surface area contributed by atoms with E-state index in [1.807, 2.05) is 6.92 Å². The largest absolute Gasteiger partial charge is 0.484 e. The molecule has 1 aliphatic carbocycles. The number of benzene rings is 2. The highest BCUT2D eigenvalue weighted by molar-refractivity contribution is 6.42. The topological polar surface area (TPSA) is 67.9 Å². The summed E-state index contributed by atoms with van der Waals surface area (Å²) in [5.41, 5.74) is -0.454. The fraction of sp³-hybridized carbons (Fsp3) is 0.364. The van der Waals surface area contributed by atoms with Crippen LogP contribution in [0.2, 0.25) is 15.1 Å². The second kappa shape index (κ2) is 10.1. The summed E-state index contributed by atoms with van der Waals surface area (Å²) in [6, 6.07) is 8.64. The average molecular weight is 504 g/mol. The molecule has 0 saturated heterocycles. The number of carbonyl (C=O) groups is 2. The maximum absolute atomic E-state index is 13.2. The molecule has 0 radical (unpaired) electrons. The second-order valence-corrected chi connectivity index (χ2v) is 9.13. The van der Waals surface area contributed by atoms with Crippen molar-refractivity contribution in [2.45, 2.75) is 31.3 Å². The molecule has 3 rings (SSSR count). The summed E-state index contributed by atoms with van der Waals surface area (Å²) in [4.78, 5) is 26.3. The van der Waals surface area contributed by atoms with Crippen LogP contribution in [0.3, 0.4) is 0 Å². The highest BCUT2D eigenvalue weighted by atomic mass is 35.5. The summed E-state index contributed by atoms with van der Waals surface area (Å²) in [6.45, 7) is 1.54. The Labute approximate surface area is 200 Å². The normalized spacial score (nSPS) is 19.6. The molecule has 0 spiro atoms. The van der Waals surface area contributed by atoms with Crippen molar-refractivity contribution in [2.75, 3.05) is 20.3 Å². The Kier molecular flexibility index (Phi) is 7.75. The lowest BCUT2D eigenvalue weighted by Crippen LogP contribution is -2.63. The van der Waals surface area contributed by atoms with Crippen molar-refractivity contribution >= 4 is 46.6 Å². The monoisotopic (exact) mass is 502 g/mol. The maximum Gasteiger partial charge on any atom is 0.260 e. The van der Waals surface area contributed by atoms with Gasteiger partial charge in [-0.05, 0) is 44.0 Å². The van der Waals surface area contributed by atoms with Crippen LogP contribution in [0.15, 0.2) is 36.4 Å². The first-order valence-electron chi connectivity index (χ1n) is 9.79. The first-order valence-corrected chi connectivity index (χ1v) is 10.9. The number of likely N-dealkylation sites (N-methyl/N-ethyl adjacent to an activating group) is 1. The average Bonchev–Trinajstić information content (AvgIpc) is 2.72. The Balaban J connectivity index is 1.41. The summed E-state index contributed by atoms with van der Waals surface area (Å²) < 4.78 is 24.0. The molecule has 0 atom stereocenters. The minimum absolute atomic E-state index is 0.0259. The summed E-state index contributed by atoms with van der Waals surface area (Å²) in [6.07, 6.45) is 1.19. The molecule has 172 valence electrons. The fourth-order valence-electron chi connectivity index (χ4n) is 3.46. The standard InChI is InChI=1S/C22H22Cl3FN2O4/c1-22(27-20(29)11-31-15-4-6-19(26)18(25)8-15)9-13(10-22)28(2)21(30)12-32-14-3-5-16(23)17(24)7-14/h3-8,13H,9-12H2,1-2H3,(H,27,29). The number of hydrogen-bond acceptors (Lipinski definition) is 4. The van der Waals surface area contributed by atoms with Crippen LogP contribution in [0, 0.1) is 5.82 Å². The zero-order chi connectivity index (χ0) is 23.5. The Bertz CT molecular complexity index is 1010. The van der Waals surface area contributed by atoms with Crippen LogP contribution in [-0.2, 0) is 9.59 Å². The molecule has 6 nitrogen and oxygen atoms in total. The molecule has 2 aromatic rings. The molecule has 1 aliphatic rings. The van der Waals surface area contributed by atoms with E-state index < -0.39 is 11.4 Å². The van der Waals surface area contributed by atoms with E-state index in [4.69, 9.17) is 44.3 Å². The molecule has 0 heterocycles. The van der Waals surface area contributed by atoms with Crippen molar-refractivity contribution in [1.82, 2.24) is 10.2 Å². The Morgan fingerprint density at radius 3 is 2.25 bits per heavy atom. The van der Waals surface area contributed by atoms with Crippen LogP contribution in [-0.4, -0.2) is 48.6 Å². The molecule has 0 unspecified atom stereocenters. The molecule has 0 aliphatic heterocycles. The molecule has 2 aromatic carbocycles. The zero-order valence-corrected chi connectivity index (χ0v) is 19.7. The number of amides is 2. The molecule has 0 bridgehead atoms. The summed E-state index contributed by atoms with van der Waals surface area (Å²) in [7, 11) is 1.70. The van der Waals surface area contributed by atoms with E-state index in [2.05, 4.69) is 5.32 Å². The fourth-order valence-corrected chi connectivity index (χ4v) is 3.92. The van der Waals surface area contributed by atoms with Gasteiger partial charge in [-0.15, -0.1) is 0 Å². The Morgan fingerprint density at radius 1 is 1.03 bits per heavy atom. The van der Waals surface area contributed by atoms with Gasteiger partial charge in [-0.2, -0.15) is 0 Å². The predicted molar refractivity (Wildman–Crippen MR) is 121 cm³/mol. The quantitative estimate of drug-likeness (QED) is 0.565. The van der Waals surface area contributed by atoms with Crippen LogP contribution < -0.4 is 14.8 Å². The molecule has 1 fully saturated rings. The second-order valence-electron chi connectivity index (χ2n) is 7.90. The van der Waals surface area contributed by atoms with Crippen molar-refractivity contribution in [3.05, 3.63) is 57.3 Å². The number of halogens is 4. The van der Waals surface area contributed by atoms with Gasteiger partial charge in [0, 0.05) is 30.8 Å². The zero-order valence-electron chi connectivity index (χ0n) is 17.5. The Morgan fingerprint density at radius 2 is 1.62 bits per heavy atom. The van der Waals surface area contributed by atoms with E-state index in [-0.39, 0.29) is 36.1 Å². The lowest BCUT2D eigenvalue weighted by Gasteiger charge is -2.49. The lowest BCUT2D eigenvalue weighted by molar-refractivity contribution is -0.138. The van der Waals surface area contributed by atoms with E-state index in [0.717, 1.165) is 0 Å². The van der Waals surface area contributed by atoms with E-state index >= 15 is 0 Å². The number of rotatable bonds is 8. The minimum atomic E-state index is -0.558. The van der Waals surface area contributed by atoms with Gasteiger partial charge in [-0.25, -0.2) is 4.39 Å². The van der Waals surface area contributed by atoms with Gasteiger partial charge in [-0.3, -0.25) is 9.59 Å². The molecule has 32 heavy (non-hydrogen) atoms. The van der Waals surface area contributed by atoms with Crippen molar-refractivity contribution in [1.29, 1.82) is 0 Å². The molecular weight excluding hydrogens is 482 g/mol. The predicted octanol–water partition coefficient (Wildman–Crippen LogP) is 4.74. The first-order chi connectivity index (χ1) is 15.1. The minimum Gasteiger partial charge on any atom is -0.484 e. The highest BCUT2D eigenvalue weighted by Gasteiger charge is 2.44. The van der Waals surface area contributed by atoms with Crippen LogP contribution >= 0.6 is 34.8 Å². The van der Waals surface area contributed by atoms with Crippen LogP contribution in [0.1, 0.15) is 19.8 Å². The number of carbonyl (C=O) groups excluding carboxylic acids is 2. The van der Waals surface area contributed by atoms with Gasteiger partial charge >= 0.3 is 0 Å². The lowest BCUT2D eigenvalue weighted by atomic mass is 9.73. The number of nitrogens with one attached hydrogen (secondary N) is 1. The molecule has 10 heteroatoms.